The summed E-state index contributed by atoms with van der Waals surface area (Å²) >= 11 is 3.43. The van der Waals surface area contributed by atoms with E-state index in [1.165, 1.54) is 0 Å². The number of rotatable bonds is 6. The van der Waals surface area contributed by atoms with Crippen LogP contribution in [0.15, 0.2) is 10.7 Å². The van der Waals surface area contributed by atoms with Crippen molar-refractivity contribution in [3.8, 4) is 5.88 Å². The maximum atomic E-state index is 5.83. The van der Waals surface area contributed by atoms with E-state index in [0.717, 1.165) is 17.0 Å². The minimum Gasteiger partial charge on any atom is -0.476 e. The number of halogens is 1. The van der Waals surface area contributed by atoms with Crippen molar-refractivity contribution in [1.82, 2.24) is 14.9 Å². The molecule has 0 bridgehead atoms. The molecule has 4 nitrogen and oxygen atoms in total. The van der Waals surface area contributed by atoms with E-state index in [2.05, 4.69) is 79.3 Å². The van der Waals surface area contributed by atoms with Gasteiger partial charge in [0.05, 0.1) is 0 Å². The molecule has 120 valence electrons. The van der Waals surface area contributed by atoms with Gasteiger partial charge in [0.1, 0.15) is 17.0 Å². The molecular formula is C16H28BrN3O. The zero-order chi connectivity index (χ0) is 16.2. The van der Waals surface area contributed by atoms with E-state index in [-0.39, 0.29) is 5.41 Å². The zero-order valence-electron chi connectivity index (χ0n) is 14.3. The summed E-state index contributed by atoms with van der Waals surface area (Å²) in [4.78, 5) is 11.3. The summed E-state index contributed by atoms with van der Waals surface area (Å²) in [6.07, 6.45) is 0. The third-order valence-electron chi connectivity index (χ3n) is 3.27. The predicted octanol–water partition coefficient (Wildman–Crippen LogP) is 4.03. The van der Waals surface area contributed by atoms with Gasteiger partial charge in [-0.3, -0.25) is 4.90 Å². The fourth-order valence-corrected chi connectivity index (χ4v) is 2.54. The topological polar surface area (TPSA) is 38.2 Å². The molecule has 5 heteroatoms. The van der Waals surface area contributed by atoms with E-state index in [1.54, 1.807) is 0 Å². The van der Waals surface area contributed by atoms with Crippen molar-refractivity contribution in [2.75, 3.05) is 13.2 Å². The van der Waals surface area contributed by atoms with Crippen LogP contribution in [0.3, 0.4) is 0 Å². The summed E-state index contributed by atoms with van der Waals surface area (Å²) in [6, 6.07) is 2.84. The zero-order valence-corrected chi connectivity index (χ0v) is 15.9. The predicted molar refractivity (Wildman–Crippen MR) is 90.9 cm³/mol. The highest BCUT2D eigenvalue weighted by atomic mass is 79.9. The molecule has 0 aliphatic carbocycles. The number of ether oxygens (including phenoxy) is 1. The Morgan fingerprint density at radius 1 is 1.14 bits per heavy atom. The third-order valence-corrected chi connectivity index (χ3v) is 3.67. The van der Waals surface area contributed by atoms with Gasteiger partial charge in [-0.25, -0.2) is 4.98 Å². The normalized spacial score (nSPS) is 12.5. The first kappa shape index (κ1) is 18.4. The van der Waals surface area contributed by atoms with Gasteiger partial charge < -0.3 is 4.74 Å². The lowest BCUT2D eigenvalue weighted by Crippen LogP contribution is -2.39. The van der Waals surface area contributed by atoms with Gasteiger partial charge in [-0.1, -0.05) is 20.8 Å². The highest BCUT2D eigenvalue weighted by Crippen LogP contribution is 2.23. The minimum absolute atomic E-state index is 0.0935. The lowest BCUT2D eigenvalue weighted by Gasteiger charge is -2.30. The molecule has 0 N–H and O–H groups in total. The molecular weight excluding hydrogens is 330 g/mol. The standard InChI is InChI=1S/C16H28BrN3O/c1-11(2)20(12(3)4)8-9-21-14-10-13(17)18-15(19-14)16(5,6)7/h10-12H,8-9H2,1-7H3. The van der Waals surface area contributed by atoms with Gasteiger partial charge >= 0.3 is 0 Å². The smallest absolute Gasteiger partial charge is 0.217 e. The Kier molecular flexibility index (Phi) is 6.60. The third kappa shape index (κ3) is 5.91. The van der Waals surface area contributed by atoms with Crippen molar-refractivity contribution < 1.29 is 4.74 Å². The molecule has 1 rings (SSSR count). The average Bonchev–Trinajstić information content (AvgIpc) is 2.31. The Balaban J connectivity index is 2.70. The second-order valence-electron chi connectivity index (χ2n) is 6.88. The Morgan fingerprint density at radius 3 is 2.19 bits per heavy atom. The Hall–Kier alpha value is -0.680. The largest absolute Gasteiger partial charge is 0.476 e. The summed E-state index contributed by atoms with van der Waals surface area (Å²) in [5, 5.41) is 0. The SMILES string of the molecule is CC(C)N(CCOc1cc(Br)nc(C(C)(C)C)n1)C(C)C. The summed E-state index contributed by atoms with van der Waals surface area (Å²) < 4.78 is 6.60. The van der Waals surface area contributed by atoms with Gasteiger partial charge in [-0.15, -0.1) is 0 Å². The second kappa shape index (κ2) is 7.54. The van der Waals surface area contributed by atoms with E-state index in [1.807, 2.05) is 6.07 Å². The van der Waals surface area contributed by atoms with Crippen LogP contribution in [0.5, 0.6) is 5.88 Å². The maximum Gasteiger partial charge on any atom is 0.217 e. The van der Waals surface area contributed by atoms with Crippen molar-refractivity contribution in [3.63, 3.8) is 0 Å². The van der Waals surface area contributed by atoms with Gasteiger partial charge in [0, 0.05) is 30.1 Å². The highest BCUT2D eigenvalue weighted by molar-refractivity contribution is 9.10. The molecule has 0 aliphatic heterocycles. The molecule has 0 aliphatic rings. The summed E-state index contributed by atoms with van der Waals surface area (Å²) in [6.45, 7) is 16.6. The quantitative estimate of drug-likeness (QED) is 0.720. The fourth-order valence-electron chi connectivity index (χ4n) is 2.17. The van der Waals surface area contributed by atoms with Crippen LogP contribution < -0.4 is 4.74 Å². The number of hydrogen-bond donors (Lipinski definition) is 0. The Bertz CT molecular complexity index is 447. The first-order chi connectivity index (χ1) is 9.61. The number of hydrogen-bond acceptors (Lipinski definition) is 4. The molecule has 0 saturated heterocycles. The number of aromatic nitrogens is 2. The summed E-state index contributed by atoms with van der Waals surface area (Å²) in [7, 11) is 0. The lowest BCUT2D eigenvalue weighted by molar-refractivity contribution is 0.139. The van der Waals surface area contributed by atoms with E-state index < -0.39 is 0 Å². The molecule has 0 atom stereocenters. The molecule has 1 heterocycles. The van der Waals surface area contributed by atoms with Crippen LogP contribution in [-0.2, 0) is 5.41 Å². The van der Waals surface area contributed by atoms with E-state index in [9.17, 15) is 0 Å². The molecule has 1 aromatic heterocycles. The summed E-state index contributed by atoms with van der Waals surface area (Å²) in [5.74, 6) is 1.42. The molecule has 0 radical (unpaired) electrons. The van der Waals surface area contributed by atoms with Crippen molar-refractivity contribution in [2.24, 2.45) is 0 Å². The van der Waals surface area contributed by atoms with Crippen LogP contribution in [0.2, 0.25) is 0 Å². The second-order valence-corrected chi connectivity index (χ2v) is 7.69. The molecule has 0 spiro atoms. The van der Waals surface area contributed by atoms with Crippen LogP contribution in [0.4, 0.5) is 0 Å². The van der Waals surface area contributed by atoms with Gasteiger partial charge in [0.15, 0.2) is 0 Å². The van der Waals surface area contributed by atoms with Gasteiger partial charge in [0.25, 0.3) is 0 Å². The molecule has 21 heavy (non-hydrogen) atoms. The molecule has 1 aromatic rings. The van der Waals surface area contributed by atoms with Gasteiger partial charge in [-0.05, 0) is 43.6 Å². The first-order valence-corrected chi connectivity index (χ1v) is 8.34. The van der Waals surface area contributed by atoms with Crippen molar-refractivity contribution in [3.05, 3.63) is 16.5 Å². The molecule has 0 unspecified atom stereocenters. The van der Waals surface area contributed by atoms with E-state index >= 15 is 0 Å². The molecule has 0 fully saturated rings. The fraction of sp³-hybridized carbons (Fsp3) is 0.750. The van der Waals surface area contributed by atoms with Crippen molar-refractivity contribution in [2.45, 2.75) is 66.0 Å². The van der Waals surface area contributed by atoms with Gasteiger partial charge in [-0.2, -0.15) is 4.98 Å². The van der Waals surface area contributed by atoms with Crippen LogP contribution >= 0.6 is 15.9 Å². The first-order valence-electron chi connectivity index (χ1n) is 7.55. The molecule has 0 aromatic carbocycles. The van der Waals surface area contributed by atoms with Crippen molar-refractivity contribution in [1.29, 1.82) is 0 Å². The minimum atomic E-state index is -0.0935. The van der Waals surface area contributed by atoms with Crippen molar-refractivity contribution >= 4 is 15.9 Å². The average molecular weight is 358 g/mol. The molecule has 0 amide bonds. The van der Waals surface area contributed by atoms with Gasteiger partial charge in [0.2, 0.25) is 5.88 Å². The molecule has 0 saturated carbocycles. The van der Waals surface area contributed by atoms with Crippen LogP contribution in [-0.4, -0.2) is 40.1 Å². The van der Waals surface area contributed by atoms with Crippen LogP contribution in [0.1, 0.15) is 54.3 Å². The number of nitrogens with zero attached hydrogens (tertiary/aromatic N) is 3. The van der Waals surface area contributed by atoms with E-state index in [0.29, 0.717) is 24.6 Å². The Labute approximate surface area is 137 Å². The highest BCUT2D eigenvalue weighted by Gasteiger charge is 2.19. The Morgan fingerprint density at radius 2 is 1.71 bits per heavy atom. The van der Waals surface area contributed by atoms with Crippen LogP contribution in [0.25, 0.3) is 0 Å². The maximum absolute atomic E-state index is 5.83. The van der Waals surface area contributed by atoms with E-state index in [4.69, 9.17) is 4.74 Å². The summed E-state index contributed by atoms with van der Waals surface area (Å²) in [5.41, 5.74) is -0.0935. The monoisotopic (exact) mass is 357 g/mol. The lowest BCUT2D eigenvalue weighted by atomic mass is 9.96. The van der Waals surface area contributed by atoms with Crippen LogP contribution in [0, 0.1) is 0 Å².